The lowest BCUT2D eigenvalue weighted by molar-refractivity contribution is -0.120. The van der Waals surface area contributed by atoms with Gasteiger partial charge in [-0.15, -0.1) is 11.8 Å². The van der Waals surface area contributed by atoms with Crippen LogP contribution in [0.15, 0.2) is 52.3 Å². The molecule has 2 aromatic rings. The molecule has 1 saturated carbocycles. The van der Waals surface area contributed by atoms with Crippen LogP contribution in [0.4, 0.5) is 11.4 Å². The molecule has 0 aromatic heterocycles. The summed E-state index contributed by atoms with van der Waals surface area (Å²) in [6.45, 7) is 1.98. The molecule has 2 aromatic carbocycles. The van der Waals surface area contributed by atoms with E-state index in [1.165, 1.54) is 6.07 Å². The van der Waals surface area contributed by atoms with E-state index in [1.807, 2.05) is 36.3 Å². The zero-order valence-electron chi connectivity index (χ0n) is 18.1. The molecular formula is C23H27N3O4S2. The molecule has 1 fully saturated rings. The molecule has 7 nitrogen and oxygen atoms in total. The van der Waals surface area contributed by atoms with Gasteiger partial charge in [-0.2, -0.15) is 0 Å². The van der Waals surface area contributed by atoms with Crippen LogP contribution in [-0.4, -0.2) is 39.1 Å². The van der Waals surface area contributed by atoms with Crippen LogP contribution in [0.25, 0.3) is 0 Å². The zero-order chi connectivity index (χ0) is 22.9. The Balaban J connectivity index is 1.36. The third-order valence-corrected chi connectivity index (χ3v) is 7.92. The summed E-state index contributed by atoms with van der Waals surface area (Å²) < 4.78 is 28.0. The number of carbonyl (C=O) groups excluding carboxylic acids is 2. The number of carbonyl (C=O) groups is 2. The van der Waals surface area contributed by atoms with Gasteiger partial charge in [0.25, 0.3) is 0 Å². The van der Waals surface area contributed by atoms with Crippen LogP contribution in [-0.2, 0) is 26.0 Å². The monoisotopic (exact) mass is 473 g/mol. The number of nitrogens with one attached hydrogen (secondary N) is 2. The van der Waals surface area contributed by atoms with E-state index in [-0.39, 0.29) is 41.6 Å². The average molecular weight is 474 g/mol. The summed E-state index contributed by atoms with van der Waals surface area (Å²) >= 11 is 1.58. The number of thioether (sulfide) groups is 1. The largest absolute Gasteiger partial charge is 0.326 e. The van der Waals surface area contributed by atoms with E-state index in [1.54, 1.807) is 30.0 Å². The Kier molecular flexibility index (Phi) is 6.60. The highest BCUT2D eigenvalue weighted by molar-refractivity contribution is 7.98. The van der Waals surface area contributed by atoms with Gasteiger partial charge in [-0.25, -0.2) is 13.1 Å². The van der Waals surface area contributed by atoms with Crippen LogP contribution in [0.1, 0.15) is 31.7 Å². The highest BCUT2D eigenvalue weighted by atomic mass is 32.2. The molecule has 0 bridgehead atoms. The summed E-state index contributed by atoms with van der Waals surface area (Å²) in [6, 6.07) is 12.4. The predicted octanol–water partition coefficient (Wildman–Crippen LogP) is 3.40. The Bertz CT molecular complexity index is 1150. The van der Waals surface area contributed by atoms with Gasteiger partial charge in [0.1, 0.15) is 0 Å². The number of nitrogens with zero attached hydrogens (tertiary/aromatic N) is 1. The quantitative estimate of drug-likeness (QED) is 0.573. The third kappa shape index (κ3) is 5.00. The van der Waals surface area contributed by atoms with Crippen molar-refractivity contribution in [1.29, 1.82) is 0 Å². The van der Waals surface area contributed by atoms with Crippen molar-refractivity contribution < 1.29 is 18.0 Å². The minimum Gasteiger partial charge on any atom is -0.326 e. The van der Waals surface area contributed by atoms with Crippen molar-refractivity contribution >= 4 is 45.0 Å². The minimum atomic E-state index is -3.76. The predicted molar refractivity (Wildman–Crippen MR) is 126 cm³/mol. The minimum absolute atomic E-state index is 0.00381. The van der Waals surface area contributed by atoms with E-state index >= 15 is 0 Å². The number of rotatable bonds is 8. The van der Waals surface area contributed by atoms with Crippen molar-refractivity contribution in [2.24, 2.45) is 5.92 Å². The van der Waals surface area contributed by atoms with Crippen molar-refractivity contribution in [3.05, 3.63) is 48.0 Å². The number of fused-ring (bicyclic) bond motifs is 1. The van der Waals surface area contributed by atoms with Crippen LogP contribution in [0.3, 0.4) is 0 Å². The average Bonchev–Trinajstić information content (AvgIpc) is 3.55. The molecule has 0 unspecified atom stereocenters. The van der Waals surface area contributed by atoms with E-state index < -0.39 is 10.0 Å². The number of benzene rings is 2. The van der Waals surface area contributed by atoms with Gasteiger partial charge in [0.2, 0.25) is 21.8 Å². The molecular weight excluding hydrogens is 446 g/mol. The fourth-order valence-electron chi connectivity index (χ4n) is 3.94. The van der Waals surface area contributed by atoms with Crippen molar-refractivity contribution in [2.75, 3.05) is 23.0 Å². The standard InChI is InChI=1S/C23H27N3O4S2/c1-15-12-17-13-20(8-9-21(17)26(15)23(28)16-6-7-16)32(29,30)24-11-10-22(27)25-18-4-3-5-19(14-18)31-2/h3-5,8-9,13-16,24H,6-7,10-12H2,1-2H3,(H,25,27)/t15-/m1/s1. The van der Waals surface area contributed by atoms with Gasteiger partial charge in [0.15, 0.2) is 0 Å². The molecule has 9 heteroatoms. The van der Waals surface area contributed by atoms with E-state index in [0.29, 0.717) is 12.1 Å². The molecule has 2 aliphatic rings. The molecule has 0 spiro atoms. The van der Waals surface area contributed by atoms with Crippen molar-refractivity contribution in [2.45, 2.75) is 48.4 Å². The maximum atomic E-state index is 12.7. The molecule has 170 valence electrons. The number of hydrogen-bond donors (Lipinski definition) is 2. The first-order chi connectivity index (χ1) is 15.3. The molecule has 1 atom stereocenters. The SMILES string of the molecule is CSc1cccc(NC(=O)CCNS(=O)(=O)c2ccc3c(c2)C[C@@H](C)N3C(=O)C2CC2)c1. The first-order valence-corrected chi connectivity index (χ1v) is 13.4. The maximum absolute atomic E-state index is 12.7. The first kappa shape index (κ1) is 22.8. The van der Waals surface area contributed by atoms with Gasteiger partial charge in [-0.3, -0.25) is 9.59 Å². The number of sulfonamides is 1. The molecule has 0 saturated heterocycles. The topological polar surface area (TPSA) is 95.6 Å². The summed E-state index contributed by atoms with van der Waals surface area (Å²) in [7, 11) is -3.76. The fourth-order valence-corrected chi connectivity index (χ4v) is 5.49. The van der Waals surface area contributed by atoms with Crippen molar-refractivity contribution in [3.63, 3.8) is 0 Å². The number of anilines is 2. The molecule has 0 radical (unpaired) electrons. The summed E-state index contributed by atoms with van der Waals surface area (Å²) in [4.78, 5) is 27.8. The van der Waals surface area contributed by atoms with E-state index in [9.17, 15) is 18.0 Å². The van der Waals surface area contributed by atoms with E-state index in [2.05, 4.69) is 10.0 Å². The lowest BCUT2D eigenvalue weighted by Crippen LogP contribution is -2.36. The zero-order valence-corrected chi connectivity index (χ0v) is 19.8. The highest BCUT2D eigenvalue weighted by Crippen LogP contribution is 2.39. The normalized spacial score (nSPS) is 17.8. The Morgan fingerprint density at radius 2 is 1.94 bits per heavy atom. The Morgan fingerprint density at radius 3 is 2.66 bits per heavy atom. The van der Waals surface area contributed by atoms with Crippen molar-refractivity contribution in [1.82, 2.24) is 4.72 Å². The summed E-state index contributed by atoms with van der Waals surface area (Å²) in [5.41, 5.74) is 2.35. The molecule has 2 N–H and O–H groups in total. The Labute approximate surface area is 193 Å². The van der Waals surface area contributed by atoms with Crippen LogP contribution >= 0.6 is 11.8 Å². The smallest absolute Gasteiger partial charge is 0.240 e. The van der Waals surface area contributed by atoms with Gasteiger partial charge < -0.3 is 10.2 Å². The number of hydrogen-bond acceptors (Lipinski definition) is 5. The van der Waals surface area contributed by atoms with Gasteiger partial charge in [-0.05, 0) is 74.4 Å². The van der Waals surface area contributed by atoms with Gasteiger partial charge in [0.05, 0.1) is 4.90 Å². The van der Waals surface area contributed by atoms with Crippen LogP contribution < -0.4 is 14.9 Å². The van der Waals surface area contributed by atoms with Gasteiger partial charge in [0, 0.05) is 41.2 Å². The summed E-state index contributed by atoms with van der Waals surface area (Å²) in [6.07, 6.45) is 4.48. The summed E-state index contributed by atoms with van der Waals surface area (Å²) in [5, 5.41) is 2.79. The second-order valence-electron chi connectivity index (χ2n) is 8.25. The number of amides is 2. The second kappa shape index (κ2) is 9.25. The van der Waals surface area contributed by atoms with Crippen LogP contribution in [0.5, 0.6) is 0 Å². The second-order valence-corrected chi connectivity index (χ2v) is 10.9. The Hall–Kier alpha value is -2.36. The molecule has 4 rings (SSSR count). The van der Waals surface area contributed by atoms with Gasteiger partial charge in [-0.1, -0.05) is 6.07 Å². The van der Waals surface area contributed by atoms with Crippen molar-refractivity contribution in [3.8, 4) is 0 Å². The summed E-state index contributed by atoms with van der Waals surface area (Å²) in [5.74, 6) is -0.00940. The highest BCUT2D eigenvalue weighted by Gasteiger charge is 2.39. The molecule has 1 aliphatic heterocycles. The molecule has 2 amide bonds. The molecule has 1 aliphatic carbocycles. The van der Waals surface area contributed by atoms with E-state index in [4.69, 9.17) is 0 Å². The van der Waals surface area contributed by atoms with Crippen LogP contribution in [0.2, 0.25) is 0 Å². The third-order valence-electron chi connectivity index (χ3n) is 5.74. The lowest BCUT2D eigenvalue weighted by Gasteiger charge is -2.22. The maximum Gasteiger partial charge on any atom is 0.240 e. The molecule has 32 heavy (non-hydrogen) atoms. The van der Waals surface area contributed by atoms with E-state index in [0.717, 1.165) is 29.0 Å². The fraction of sp³-hybridized carbons (Fsp3) is 0.391. The van der Waals surface area contributed by atoms with Crippen LogP contribution in [0, 0.1) is 5.92 Å². The van der Waals surface area contributed by atoms with Gasteiger partial charge >= 0.3 is 0 Å². The molecule has 1 heterocycles. The lowest BCUT2D eigenvalue weighted by atomic mass is 10.1. The Morgan fingerprint density at radius 1 is 1.16 bits per heavy atom. The first-order valence-electron chi connectivity index (χ1n) is 10.7.